The Morgan fingerprint density at radius 1 is 1.15 bits per heavy atom. The van der Waals surface area contributed by atoms with Gasteiger partial charge in [-0.2, -0.15) is 0 Å². The minimum Gasteiger partial charge on any atom is -0.493 e. The van der Waals surface area contributed by atoms with Gasteiger partial charge in [0.25, 0.3) is 0 Å². The van der Waals surface area contributed by atoms with Crippen molar-refractivity contribution in [1.82, 2.24) is 9.80 Å². The van der Waals surface area contributed by atoms with Crippen molar-refractivity contribution in [2.75, 3.05) is 40.4 Å². The average Bonchev–Trinajstić information content (AvgIpc) is 3.06. The smallest absolute Gasteiger partial charge is 0.227 e. The number of carbonyl (C=O) groups is 2. The maximum absolute atomic E-state index is 12.7. The van der Waals surface area contributed by atoms with Gasteiger partial charge in [0.05, 0.1) is 20.1 Å². The van der Waals surface area contributed by atoms with Crippen molar-refractivity contribution >= 4 is 11.8 Å². The summed E-state index contributed by atoms with van der Waals surface area (Å²) < 4.78 is 10.6. The minimum atomic E-state index is -0.184. The van der Waals surface area contributed by atoms with Crippen molar-refractivity contribution in [2.24, 2.45) is 11.8 Å². The fraction of sp³-hybridized carbons (Fsp3) is 0.619. The molecule has 2 aliphatic heterocycles. The number of rotatable bonds is 6. The highest BCUT2D eigenvalue weighted by atomic mass is 16.5. The molecule has 1 aromatic carbocycles. The highest BCUT2D eigenvalue weighted by Crippen LogP contribution is 2.28. The Hall–Kier alpha value is -2.24. The van der Waals surface area contributed by atoms with Crippen molar-refractivity contribution in [3.05, 3.63) is 23.8 Å². The van der Waals surface area contributed by atoms with E-state index in [0.717, 1.165) is 37.9 Å². The number of carbonyl (C=O) groups excluding carboxylic acids is 2. The first-order valence-electron chi connectivity index (χ1n) is 9.79. The number of amides is 2. The lowest BCUT2D eigenvalue weighted by atomic mass is 9.97. The molecule has 1 atom stereocenters. The summed E-state index contributed by atoms with van der Waals surface area (Å²) in [6.45, 7) is 5.05. The zero-order chi connectivity index (χ0) is 19.4. The lowest BCUT2D eigenvalue weighted by molar-refractivity contribution is -0.137. The van der Waals surface area contributed by atoms with Crippen molar-refractivity contribution < 1.29 is 19.1 Å². The molecule has 2 saturated heterocycles. The maximum Gasteiger partial charge on any atom is 0.227 e. The first-order valence-corrected chi connectivity index (χ1v) is 9.79. The molecule has 0 N–H and O–H groups in total. The van der Waals surface area contributed by atoms with Gasteiger partial charge in [-0.25, -0.2) is 0 Å². The summed E-state index contributed by atoms with van der Waals surface area (Å²) in [5, 5.41) is 0. The molecule has 27 heavy (non-hydrogen) atoms. The molecule has 0 aliphatic carbocycles. The monoisotopic (exact) mass is 374 g/mol. The zero-order valence-corrected chi connectivity index (χ0v) is 16.6. The molecule has 1 aromatic rings. The number of likely N-dealkylation sites (tertiary alicyclic amines) is 2. The largest absolute Gasteiger partial charge is 0.493 e. The second kappa shape index (κ2) is 8.63. The molecule has 0 aromatic heterocycles. The normalized spacial score (nSPS) is 20.9. The molecular weight excluding hydrogens is 344 g/mol. The van der Waals surface area contributed by atoms with Gasteiger partial charge in [0, 0.05) is 32.6 Å². The summed E-state index contributed by atoms with van der Waals surface area (Å²) in [5.41, 5.74) is 1.08. The van der Waals surface area contributed by atoms with E-state index >= 15 is 0 Å². The topological polar surface area (TPSA) is 59.1 Å². The predicted molar refractivity (Wildman–Crippen MR) is 103 cm³/mol. The van der Waals surface area contributed by atoms with Crippen LogP contribution < -0.4 is 9.47 Å². The Morgan fingerprint density at radius 2 is 1.85 bits per heavy atom. The fourth-order valence-electron chi connectivity index (χ4n) is 3.94. The Morgan fingerprint density at radius 3 is 2.52 bits per heavy atom. The third-order valence-electron chi connectivity index (χ3n) is 5.78. The van der Waals surface area contributed by atoms with Crippen LogP contribution in [0.1, 0.15) is 31.7 Å². The number of methoxy groups -OCH3 is 2. The lowest BCUT2D eigenvalue weighted by Crippen LogP contribution is -2.42. The molecular formula is C21H30N2O4. The first kappa shape index (κ1) is 19.5. The van der Waals surface area contributed by atoms with Crippen molar-refractivity contribution in [3.8, 4) is 11.5 Å². The Balaban J connectivity index is 1.54. The van der Waals surface area contributed by atoms with Gasteiger partial charge in [0.2, 0.25) is 11.8 Å². The number of nitrogens with zero attached hydrogens (tertiary/aromatic N) is 2. The molecule has 3 rings (SSSR count). The SMILES string of the molecule is COc1ccc(CCN2C[C@H](C(=O)N3CCC(C)CC3)CC2=O)cc1OC. The fourth-order valence-corrected chi connectivity index (χ4v) is 3.94. The van der Waals surface area contributed by atoms with Crippen LogP contribution in [0.25, 0.3) is 0 Å². The molecule has 0 radical (unpaired) electrons. The Bertz CT molecular complexity index is 683. The summed E-state index contributed by atoms with van der Waals surface area (Å²) in [7, 11) is 3.23. The van der Waals surface area contributed by atoms with E-state index in [9.17, 15) is 9.59 Å². The van der Waals surface area contributed by atoms with Gasteiger partial charge in [0.1, 0.15) is 0 Å². The second-order valence-corrected chi connectivity index (χ2v) is 7.69. The molecule has 0 unspecified atom stereocenters. The van der Waals surface area contributed by atoms with E-state index in [4.69, 9.17) is 9.47 Å². The third kappa shape index (κ3) is 4.54. The molecule has 6 nitrogen and oxygen atoms in total. The van der Waals surface area contributed by atoms with Crippen molar-refractivity contribution in [1.29, 1.82) is 0 Å². The van der Waals surface area contributed by atoms with E-state index in [-0.39, 0.29) is 17.7 Å². The van der Waals surface area contributed by atoms with E-state index in [1.807, 2.05) is 28.0 Å². The van der Waals surface area contributed by atoms with E-state index in [2.05, 4.69) is 6.92 Å². The number of ether oxygens (including phenoxy) is 2. The van der Waals surface area contributed by atoms with Gasteiger partial charge in [-0.05, 0) is 42.9 Å². The van der Waals surface area contributed by atoms with E-state index in [1.165, 1.54) is 0 Å². The van der Waals surface area contributed by atoms with Crippen molar-refractivity contribution in [2.45, 2.75) is 32.6 Å². The second-order valence-electron chi connectivity index (χ2n) is 7.69. The Labute approximate surface area is 161 Å². The van der Waals surface area contributed by atoms with Crippen LogP contribution in [0.5, 0.6) is 11.5 Å². The maximum atomic E-state index is 12.7. The van der Waals surface area contributed by atoms with Crippen LogP contribution in [0.2, 0.25) is 0 Å². The van der Waals surface area contributed by atoms with Crippen LogP contribution in [0, 0.1) is 11.8 Å². The average molecular weight is 374 g/mol. The van der Waals surface area contributed by atoms with Crippen LogP contribution in [-0.4, -0.2) is 62.0 Å². The van der Waals surface area contributed by atoms with E-state index < -0.39 is 0 Å². The highest BCUT2D eigenvalue weighted by Gasteiger charge is 2.36. The van der Waals surface area contributed by atoms with Crippen molar-refractivity contribution in [3.63, 3.8) is 0 Å². The van der Waals surface area contributed by atoms with Crippen LogP contribution in [-0.2, 0) is 16.0 Å². The van der Waals surface area contributed by atoms with E-state index in [1.54, 1.807) is 14.2 Å². The van der Waals surface area contributed by atoms with Gasteiger partial charge in [-0.3, -0.25) is 9.59 Å². The molecule has 148 valence electrons. The number of hydrogen-bond acceptors (Lipinski definition) is 4. The number of benzene rings is 1. The lowest BCUT2D eigenvalue weighted by Gasteiger charge is -2.32. The summed E-state index contributed by atoms with van der Waals surface area (Å²) in [4.78, 5) is 28.9. The molecule has 2 fully saturated rings. The summed E-state index contributed by atoms with van der Waals surface area (Å²) >= 11 is 0. The Kier molecular flexibility index (Phi) is 6.24. The van der Waals surface area contributed by atoms with Gasteiger partial charge in [-0.1, -0.05) is 13.0 Å². The van der Waals surface area contributed by atoms with Crippen LogP contribution >= 0.6 is 0 Å². The molecule has 2 aliphatic rings. The first-order chi connectivity index (χ1) is 13.0. The van der Waals surface area contributed by atoms with Crippen LogP contribution in [0.4, 0.5) is 0 Å². The molecule has 2 amide bonds. The minimum absolute atomic E-state index is 0.0826. The van der Waals surface area contributed by atoms with Gasteiger partial charge in [0.15, 0.2) is 11.5 Å². The molecule has 6 heteroatoms. The van der Waals surface area contributed by atoms with Gasteiger partial charge in [-0.15, -0.1) is 0 Å². The number of hydrogen-bond donors (Lipinski definition) is 0. The quantitative estimate of drug-likeness (QED) is 0.767. The highest BCUT2D eigenvalue weighted by molar-refractivity contribution is 5.89. The van der Waals surface area contributed by atoms with Crippen LogP contribution in [0.15, 0.2) is 18.2 Å². The van der Waals surface area contributed by atoms with E-state index in [0.29, 0.717) is 36.9 Å². The third-order valence-corrected chi connectivity index (χ3v) is 5.78. The van der Waals surface area contributed by atoms with Gasteiger partial charge < -0.3 is 19.3 Å². The summed E-state index contributed by atoms with van der Waals surface area (Å²) in [5.74, 6) is 2.13. The van der Waals surface area contributed by atoms with Crippen LogP contribution in [0.3, 0.4) is 0 Å². The molecule has 0 saturated carbocycles. The molecule has 2 heterocycles. The summed E-state index contributed by atoms with van der Waals surface area (Å²) in [6.07, 6.45) is 3.20. The van der Waals surface area contributed by atoms with Gasteiger partial charge >= 0.3 is 0 Å². The molecule has 0 bridgehead atoms. The standard InChI is InChI=1S/C21H30N2O4/c1-15-6-9-22(10-7-15)21(25)17-13-20(24)23(14-17)11-8-16-4-5-18(26-2)19(12-16)27-3/h4-5,12,15,17H,6-11,13-14H2,1-3H3/t17-/m1/s1. The summed E-state index contributed by atoms with van der Waals surface area (Å²) in [6, 6.07) is 5.81. The molecule has 0 spiro atoms. The number of piperidine rings is 1. The predicted octanol–water partition coefficient (Wildman–Crippen LogP) is 2.35. The zero-order valence-electron chi connectivity index (χ0n) is 16.6.